The molecule has 0 saturated heterocycles. The molecule has 1 atom stereocenters. The Labute approximate surface area is 128 Å². The summed E-state index contributed by atoms with van der Waals surface area (Å²) in [6.45, 7) is 1.82. The molecule has 1 aliphatic rings. The fraction of sp³-hybridized carbons (Fsp3) is 0.167. The van der Waals surface area contributed by atoms with E-state index in [2.05, 4.69) is 5.32 Å². The van der Waals surface area contributed by atoms with Gasteiger partial charge >= 0.3 is 0 Å². The molecule has 0 aromatic heterocycles. The van der Waals surface area contributed by atoms with Gasteiger partial charge in [-0.15, -0.1) is 0 Å². The first-order valence-corrected chi connectivity index (χ1v) is 7.08. The lowest BCUT2D eigenvalue weighted by Crippen LogP contribution is -2.45. The van der Waals surface area contributed by atoms with E-state index < -0.39 is 5.54 Å². The van der Waals surface area contributed by atoms with Crippen LogP contribution in [0.3, 0.4) is 0 Å². The number of hydrogen-bond acceptors (Lipinski definition) is 4. The number of carbonyl (C=O) groups is 1. The van der Waals surface area contributed by atoms with Crippen LogP contribution in [0.2, 0.25) is 0 Å². The van der Waals surface area contributed by atoms with Crippen molar-refractivity contribution in [2.45, 2.75) is 18.9 Å². The molecule has 4 nitrogen and oxygen atoms in total. The summed E-state index contributed by atoms with van der Waals surface area (Å²) in [7, 11) is 0. The first kappa shape index (κ1) is 14.2. The van der Waals surface area contributed by atoms with E-state index in [0.717, 1.165) is 11.3 Å². The molecule has 22 heavy (non-hydrogen) atoms. The van der Waals surface area contributed by atoms with Gasteiger partial charge in [0, 0.05) is 29.8 Å². The normalized spacial score (nSPS) is 20.6. The summed E-state index contributed by atoms with van der Waals surface area (Å²) in [6, 6.07) is 14.0. The summed E-state index contributed by atoms with van der Waals surface area (Å²) in [5.74, 6) is -0.235. The lowest BCUT2D eigenvalue weighted by molar-refractivity contribution is -0.119. The van der Waals surface area contributed by atoms with Crippen molar-refractivity contribution in [1.29, 1.82) is 0 Å². The van der Waals surface area contributed by atoms with Gasteiger partial charge in [0.15, 0.2) is 5.78 Å². The zero-order chi connectivity index (χ0) is 15.7. The molecule has 0 saturated carbocycles. The summed E-state index contributed by atoms with van der Waals surface area (Å²) in [6.07, 6.45) is 1.97. The molecule has 112 valence electrons. The molecule has 2 aromatic rings. The molecule has 1 aliphatic heterocycles. The molecule has 0 aliphatic carbocycles. The minimum absolute atomic E-state index is 0.0359. The highest BCUT2D eigenvalue weighted by Crippen LogP contribution is 2.38. The Morgan fingerprint density at radius 3 is 2.41 bits per heavy atom. The Balaban J connectivity index is 2.10. The highest BCUT2D eigenvalue weighted by molar-refractivity contribution is 6.02. The largest absolute Gasteiger partial charge is 0.508 e. The number of phenols is 2. The Hall–Kier alpha value is -2.75. The Kier molecular flexibility index (Phi) is 3.37. The molecule has 3 rings (SSSR count). The number of aromatic hydroxyl groups is 2. The Morgan fingerprint density at radius 1 is 1.09 bits per heavy atom. The highest BCUT2D eigenvalue weighted by atomic mass is 16.3. The summed E-state index contributed by atoms with van der Waals surface area (Å²) in [4.78, 5) is 12.6. The molecule has 4 heteroatoms. The number of ketones is 1. The Morgan fingerprint density at radius 2 is 1.82 bits per heavy atom. The van der Waals surface area contributed by atoms with E-state index in [1.807, 2.05) is 37.3 Å². The van der Waals surface area contributed by atoms with Gasteiger partial charge in [0.05, 0.1) is 0 Å². The molecule has 0 amide bonds. The van der Waals surface area contributed by atoms with E-state index in [4.69, 9.17) is 0 Å². The van der Waals surface area contributed by atoms with Gasteiger partial charge in [-0.05, 0) is 24.6 Å². The van der Waals surface area contributed by atoms with Crippen LogP contribution in [0.1, 0.15) is 18.1 Å². The van der Waals surface area contributed by atoms with Crippen LogP contribution < -0.4 is 5.32 Å². The van der Waals surface area contributed by atoms with Gasteiger partial charge in [0.1, 0.15) is 17.0 Å². The lowest BCUT2D eigenvalue weighted by atomic mass is 9.81. The van der Waals surface area contributed by atoms with Crippen LogP contribution in [0.5, 0.6) is 11.5 Å². The van der Waals surface area contributed by atoms with Gasteiger partial charge in [-0.3, -0.25) is 4.79 Å². The van der Waals surface area contributed by atoms with Crippen molar-refractivity contribution < 1.29 is 15.0 Å². The topological polar surface area (TPSA) is 69.6 Å². The molecule has 3 N–H and O–H groups in total. The standard InChI is InChI=1S/C18H17NO3/c1-12-9-17(22)18(19-12,11-13-5-3-2-4-6-13)15-8-7-14(20)10-16(15)21/h2-10,19-21H,11H2,1H3. The number of rotatable bonds is 3. The number of benzene rings is 2. The fourth-order valence-electron chi connectivity index (χ4n) is 2.96. The minimum Gasteiger partial charge on any atom is -0.508 e. The average molecular weight is 295 g/mol. The van der Waals surface area contributed by atoms with Gasteiger partial charge in [-0.25, -0.2) is 0 Å². The van der Waals surface area contributed by atoms with Gasteiger partial charge in [0.2, 0.25) is 0 Å². The monoisotopic (exact) mass is 295 g/mol. The predicted octanol–water partition coefficient (Wildman–Crippen LogP) is 2.61. The second kappa shape index (κ2) is 5.22. The molecule has 1 heterocycles. The van der Waals surface area contributed by atoms with E-state index in [1.165, 1.54) is 12.1 Å². The third-order valence-corrected chi connectivity index (χ3v) is 3.93. The maximum Gasteiger partial charge on any atom is 0.187 e. The smallest absolute Gasteiger partial charge is 0.187 e. The predicted molar refractivity (Wildman–Crippen MR) is 83.5 cm³/mol. The first-order chi connectivity index (χ1) is 10.5. The molecular formula is C18H17NO3. The van der Waals surface area contributed by atoms with Crippen LogP contribution >= 0.6 is 0 Å². The van der Waals surface area contributed by atoms with Crippen molar-refractivity contribution in [2.24, 2.45) is 0 Å². The number of phenolic OH excluding ortho intramolecular Hbond substituents is 2. The first-order valence-electron chi connectivity index (χ1n) is 7.08. The van der Waals surface area contributed by atoms with Crippen LogP contribution in [0.15, 0.2) is 60.3 Å². The van der Waals surface area contributed by atoms with Crippen LogP contribution in [0.4, 0.5) is 0 Å². The highest BCUT2D eigenvalue weighted by Gasteiger charge is 2.44. The molecule has 0 bridgehead atoms. The maximum atomic E-state index is 12.6. The molecule has 0 radical (unpaired) electrons. The van der Waals surface area contributed by atoms with E-state index in [9.17, 15) is 15.0 Å². The van der Waals surface area contributed by atoms with Crippen molar-refractivity contribution >= 4 is 5.78 Å². The van der Waals surface area contributed by atoms with Gasteiger partial charge < -0.3 is 15.5 Å². The van der Waals surface area contributed by atoms with E-state index in [-0.39, 0.29) is 17.3 Å². The third kappa shape index (κ3) is 2.33. The fourth-order valence-corrected chi connectivity index (χ4v) is 2.96. The number of hydrogen-bond donors (Lipinski definition) is 3. The minimum atomic E-state index is -1.04. The van der Waals surface area contributed by atoms with E-state index >= 15 is 0 Å². The van der Waals surface area contributed by atoms with E-state index in [1.54, 1.807) is 12.1 Å². The van der Waals surface area contributed by atoms with Crippen molar-refractivity contribution in [1.82, 2.24) is 5.32 Å². The molecule has 0 spiro atoms. The number of allylic oxidation sites excluding steroid dienone is 1. The molecule has 2 aromatic carbocycles. The zero-order valence-electron chi connectivity index (χ0n) is 12.2. The van der Waals surface area contributed by atoms with Crippen LogP contribution in [-0.4, -0.2) is 16.0 Å². The van der Waals surface area contributed by atoms with Crippen LogP contribution in [0, 0.1) is 0 Å². The van der Waals surface area contributed by atoms with Gasteiger partial charge in [0.25, 0.3) is 0 Å². The molecule has 1 unspecified atom stereocenters. The summed E-state index contributed by atoms with van der Waals surface area (Å²) >= 11 is 0. The van der Waals surface area contributed by atoms with Crippen molar-refractivity contribution in [3.05, 3.63) is 71.4 Å². The molecular weight excluding hydrogens is 278 g/mol. The lowest BCUT2D eigenvalue weighted by Gasteiger charge is -2.31. The van der Waals surface area contributed by atoms with Crippen molar-refractivity contribution in [2.75, 3.05) is 0 Å². The van der Waals surface area contributed by atoms with Gasteiger partial charge in [-0.2, -0.15) is 0 Å². The summed E-state index contributed by atoms with van der Waals surface area (Å²) in [5, 5.41) is 22.9. The second-order valence-electron chi connectivity index (χ2n) is 5.59. The van der Waals surface area contributed by atoms with E-state index in [0.29, 0.717) is 12.0 Å². The van der Waals surface area contributed by atoms with Crippen molar-refractivity contribution in [3.63, 3.8) is 0 Å². The zero-order valence-corrected chi connectivity index (χ0v) is 12.2. The van der Waals surface area contributed by atoms with Crippen LogP contribution in [0.25, 0.3) is 0 Å². The maximum absolute atomic E-state index is 12.6. The average Bonchev–Trinajstić information content (AvgIpc) is 2.74. The number of carbonyl (C=O) groups excluding carboxylic acids is 1. The summed E-state index contributed by atoms with van der Waals surface area (Å²) < 4.78 is 0. The van der Waals surface area contributed by atoms with Crippen molar-refractivity contribution in [3.8, 4) is 11.5 Å². The quantitative estimate of drug-likeness (QED) is 0.814. The molecule has 0 fully saturated rings. The Bertz CT molecular complexity index is 752. The third-order valence-electron chi connectivity index (χ3n) is 3.93. The number of nitrogens with one attached hydrogen (secondary N) is 1. The van der Waals surface area contributed by atoms with Crippen LogP contribution in [-0.2, 0) is 16.8 Å². The second-order valence-corrected chi connectivity index (χ2v) is 5.59. The summed E-state index contributed by atoms with van der Waals surface area (Å²) in [5.41, 5.74) is 1.17. The SMILES string of the molecule is CC1=CC(=O)C(Cc2ccccc2)(c2ccc(O)cc2O)N1. The van der Waals surface area contributed by atoms with Gasteiger partial charge in [-0.1, -0.05) is 30.3 Å².